The third kappa shape index (κ3) is 2.89. The minimum atomic E-state index is -0.481. The van der Waals surface area contributed by atoms with Gasteiger partial charge in [0.05, 0.1) is 0 Å². The predicted molar refractivity (Wildman–Crippen MR) is 118 cm³/mol. The summed E-state index contributed by atoms with van der Waals surface area (Å²) in [5, 5.41) is 8.75. The molecule has 5 aromatic rings. The van der Waals surface area contributed by atoms with Crippen LogP contribution >= 0.6 is 15.9 Å². The van der Waals surface area contributed by atoms with E-state index in [4.69, 9.17) is 0 Å². The maximum atomic E-state index is 12.8. The van der Waals surface area contributed by atoms with E-state index in [-0.39, 0.29) is 0 Å². The summed E-state index contributed by atoms with van der Waals surface area (Å²) >= 11 is 3.44. The zero-order valence-electron chi connectivity index (χ0n) is 16.0. The molecule has 0 unspecified atom stereocenters. The number of aromatic amines is 1. The number of nitrogens with zero attached hydrogens (tertiary/aromatic N) is 5. The van der Waals surface area contributed by atoms with Crippen molar-refractivity contribution < 1.29 is 0 Å². The van der Waals surface area contributed by atoms with Gasteiger partial charge >= 0.3 is 5.69 Å². The summed E-state index contributed by atoms with van der Waals surface area (Å²) in [5.74, 6) is 1.09. The molecule has 150 valence electrons. The molecular formula is C21H17BrN6O2. The second-order valence-corrected chi connectivity index (χ2v) is 7.96. The van der Waals surface area contributed by atoms with Crippen LogP contribution in [0.1, 0.15) is 5.56 Å². The van der Waals surface area contributed by atoms with Gasteiger partial charge in [-0.2, -0.15) is 0 Å². The molecule has 5 rings (SSSR count). The molecule has 30 heavy (non-hydrogen) atoms. The lowest BCUT2D eigenvalue weighted by atomic mass is 10.1. The van der Waals surface area contributed by atoms with E-state index in [0.717, 1.165) is 15.6 Å². The quantitative estimate of drug-likeness (QED) is 0.442. The number of aromatic nitrogens is 6. The highest BCUT2D eigenvalue weighted by Gasteiger charge is 2.22. The molecule has 0 saturated carbocycles. The van der Waals surface area contributed by atoms with Crippen LogP contribution in [0.2, 0.25) is 0 Å². The maximum Gasteiger partial charge on any atom is 0.329 e. The standard InChI is InChI=1S/C21H17BrN6O2/c1-26-19-16(18(29)23-21(26)30)27(12-11-13-5-3-2-4-6-13)20-25-24-17(28(19)20)14-7-9-15(22)10-8-14/h2-10H,11-12H2,1H3,(H,23,29,30). The molecule has 3 heterocycles. The van der Waals surface area contributed by atoms with Crippen LogP contribution in [0.3, 0.4) is 0 Å². The van der Waals surface area contributed by atoms with E-state index in [1.54, 1.807) is 11.4 Å². The molecule has 0 aliphatic carbocycles. The molecule has 0 saturated heterocycles. The lowest BCUT2D eigenvalue weighted by Crippen LogP contribution is -2.29. The van der Waals surface area contributed by atoms with Gasteiger partial charge in [0.2, 0.25) is 5.78 Å². The molecule has 8 nitrogen and oxygen atoms in total. The van der Waals surface area contributed by atoms with Crippen LogP contribution in [-0.4, -0.2) is 28.7 Å². The summed E-state index contributed by atoms with van der Waals surface area (Å²) < 4.78 is 5.98. The van der Waals surface area contributed by atoms with E-state index in [1.165, 1.54) is 4.57 Å². The van der Waals surface area contributed by atoms with Crippen LogP contribution in [0, 0.1) is 0 Å². The average Bonchev–Trinajstić information content (AvgIpc) is 3.31. The van der Waals surface area contributed by atoms with Crippen molar-refractivity contribution in [2.45, 2.75) is 13.0 Å². The third-order valence-corrected chi connectivity index (χ3v) is 5.74. The van der Waals surface area contributed by atoms with Crippen molar-refractivity contribution in [2.24, 2.45) is 7.05 Å². The normalized spacial score (nSPS) is 11.5. The molecule has 0 fully saturated rings. The maximum absolute atomic E-state index is 12.8. The number of hydrogen-bond acceptors (Lipinski definition) is 4. The smallest absolute Gasteiger partial charge is 0.302 e. The van der Waals surface area contributed by atoms with Crippen molar-refractivity contribution >= 4 is 32.9 Å². The molecule has 2 aromatic carbocycles. The number of H-pyrrole nitrogens is 1. The van der Waals surface area contributed by atoms with Gasteiger partial charge < -0.3 is 4.57 Å². The summed E-state index contributed by atoms with van der Waals surface area (Å²) in [7, 11) is 1.63. The molecule has 0 aliphatic heterocycles. The van der Waals surface area contributed by atoms with Gasteiger partial charge in [0, 0.05) is 23.6 Å². The number of hydrogen-bond donors (Lipinski definition) is 1. The fourth-order valence-corrected chi connectivity index (χ4v) is 3.99. The Hall–Kier alpha value is -3.46. The number of benzene rings is 2. The third-order valence-electron chi connectivity index (χ3n) is 5.21. The number of imidazole rings is 1. The Balaban J connectivity index is 1.79. The SMILES string of the molecule is Cn1c(=O)[nH]c(=O)c2c1n1c(-c3ccc(Br)cc3)nnc1n2CCc1ccccc1. The zero-order chi connectivity index (χ0) is 20.8. The Labute approximate surface area is 178 Å². The fourth-order valence-electron chi connectivity index (χ4n) is 3.73. The van der Waals surface area contributed by atoms with Gasteiger partial charge in [-0.1, -0.05) is 58.4 Å². The van der Waals surface area contributed by atoms with Crippen molar-refractivity contribution in [1.82, 2.24) is 28.7 Å². The van der Waals surface area contributed by atoms with E-state index in [0.29, 0.717) is 35.7 Å². The Kier molecular flexibility index (Phi) is 4.39. The minimum Gasteiger partial charge on any atom is -0.302 e. The highest BCUT2D eigenvalue weighted by atomic mass is 79.9. The number of rotatable bonds is 4. The molecule has 1 N–H and O–H groups in total. The summed E-state index contributed by atoms with van der Waals surface area (Å²) in [5.41, 5.74) is 1.93. The Morgan fingerprint density at radius 2 is 1.73 bits per heavy atom. The van der Waals surface area contributed by atoms with E-state index in [2.05, 4.69) is 31.1 Å². The number of nitrogens with one attached hydrogen (secondary N) is 1. The number of aryl methyl sites for hydroxylation is 3. The predicted octanol–water partition coefficient (Wildman–Crippen LogP) is 2.74. The number of halogens is 1. The lowest BCUT2D eigenvalue weighted by Gasteiger charge is -2.05. The Bertz CT molecular complexity index is 1490. The first-order valence-corrected chi connectivity index (χ1v) is 10.2. The van der Waals surface area contributed by atoms with Crippen molar-refractivity contribution in [2.75, 3.05) is 0 Å². The molecule has 0 bridgehead atoms. The van der Waals surface area contributed by atoms with Crippen molar-refractivity contribution in [3.63, 3.8) is 0 Å². The second kappa shape index (κ2) is 7.10. The van der Waals surface area contributed by atoms with Gasteiger partial charge in [0.15, 0.2) is 17.0 Å². The average molecular weight is 465 g/mol. The largest absolute Gasteiger partial charge is 0.329 e. The van der Waals surface area contributed by atoms with Crippen LogP contribution in [0.5, 0.6) is 0 Å². The summed E-state index contributed by atoms with van der Waals surface area (Å²) in [6, 6.07) is 17.7. The van der Waals surface area contributed by atoms with E-state index in [1.807, 2.05) is 59.2 Å². The fraction of sp³-hybridized carbons (Fsp3) is 0.143. The first-order chi connectivity index (χ1) is 14.5. The van der Waals surface area contributed by atoms with Crippen LogP contribution in [0.15, 0.2) is 68.7 Å². The summed E-state index contributed by atoms with van der Waals surface area (Å²) in [6.45, 7) is 0.525. The van der Waals surface area contributed by atoms with E-state index < -0.39 is 11.2 Å². The molecule has 3 aromatic heterocycles. The molecule has 0 atom stereocenters. The Morgan fingerprint density at radius 3 is 2.47 bits per heavy atom. The monoisotopic (exact) mass is 464 g/mol. The summed E-state index contributed by atoms with van der Waals surface area (Å²) in [4.78, 5) is 27.5. The van der Waals surface area contributed by atoms with E-state index >= 15 is 0 Å². The summed E-state index contributed by atoms with van der Waals surface area (Å²) in [6.07, 6.45) is 0.711. The lowest BCUT2D eigenvalue weighted by molar-refractivity contribution is 0.724. The van der Waals surface area contributed by atoms with Crippen LogP contribution in [0.4, 0.5) is 0 Å². The van der Waals surface area contributed by atoms with Gasteiger partial charge in [0.1, 0.15) is 0 Å². The van der Waals surface area contributed by atoms with Gasteiger partial charge in [0.25, 0.3) is 5.56 Å². The van der Waals surface area contributed by atoms with Crippen molar-refractivity contribution in [3.8, 4) is 11.4 Å². The highest BCUT2D eigenvalue weighted by Crippen LogP contribution is 2.25. The molecular weight excluding hydrogens is 448 g/mol. The van der Waals surface area contributed by atoms with Crippen LogP contribution in [0.25, 0.3) is 28.3 Å². The topological polar surface area (TPSA) is 90.0 Å². The van der Waals surface area contributed by atoms with Gasteiger partial charge in [-0.3, -0.25) is 14.3 Å². The molecule has 9 heteroatoms. The van der Waals surface area contributed by atoms with Crippen molar-refractivity contribution in [1.29, 1.82) is 0 Å². The zero-order valence-corrected chi connectivity index (χ0v) is 17.6. The molecule has 0 amide bonds. The molecule has 0 radical (unpaired) electrons. The van der Waals surface area contributed by atoms with E-state index in [9.17, 15) is 9.59 Å². The highest BCUT2D eigenvalue weighted by molar-refractivity contribution is 9.10. The van der Waals surface area contributed by atoms with Crippen molar-refractivity contribution in [3.05, 3.63) is 85.5 Å². The first-order valence-electron chi connectivity index (χ1n) is 9.41. The Morgan fingerprint density at radius 1 is 1.00 bits per heavy atom. The van der Waals surface area contributed by atoms with Gasteiger partial charge in [-0.05, 0) is 24.1 Å². The molecule has 0 aliphatic rings. The van der Waals surface area contributed by atoms with Crippen LogP contribution < -0.4 is 11.2 Å². The second-order valence-electron chi connectivity index (χ2n) is 7.04. The minimum absolute atomic E-state index is 0.399. The first kappa shape index (κ1) is 18.6. The van der Waals surface area contributed by atoms with Gasteiger partial charge in [-0.25, -0.2) is 9.20 Å². The van der Waals surface area contributed by atoms with Crippen LogP contribution in [-0.2, 0) is 20.0 Å². The number of fused-ring (bicyclic) bond motifs is 3. The molecule has 0 spiro atoms. The van der Waals surface area contributed by atoms with Gasteiger partial charge in [-0.15, -0.1) is 10.2 Å².